The van der Waals surface area contributed by atoms with E-state index in [1.165, 1.54) is 59.8 Å². The van der Waals surface area contributed by atoms with E-state index in [2.05, 4.69) is 15.5 Å². The molecular weight excluding hydrogens is 677 g/mol. The van der Waals surface area contributed by atoms with Gasteiger partial charge in [-0.25, -0.2) is 13.6 Å². The average molecular weight is 701 g/mol. The number of amidine groups is 1. The summed E-state index contributed by atoms with van der Waals surface area (Å²) in [6.07, 6.45) is 4.36. The number of nitrogens with one attached hydrogen (secondary N) is 1. The molecule has 1 fully saturated rings. The van der Waals surface area contributed by atoms with Crippen molar-refractivity contribution in [2.24, 2.45) is 15.3 Å². The highest BCUT2D eigenvalue weighted by Gasteiger charge is 2.34. The molecule has 5 rings (SSSR count). The molecule has 0 radical (unpaired) electrons. The Hall–Kier alpha value is -4.60. The Morgan fingerprint density at radius 3 is 2.48 bits per heavy atom. The number of phenols is 1. The van der Waals surface area contributed by atoms with E-state index in [1.807, 2.05) is 0 Å². The number of nitrogens with zero attached hydrogens (tertiary/aromatic N) is 3. The van der Waals surface area contributed by atoms with Crippen molar-refractivity contribution in [1.82, 2.24) is 4.90 Å². The Labute approximate surface area is 277 Å². The Morgan fingerprint density at radius 1 is 1.07 bits per heavy atom. The molecule has 3 aromatic carbocycles. The van der Waals surface area contributed by atoms with Crippen LogP contribution in [-0.2, 0) is 26.2 Å². The molecule has 2 amide bonds. The number of thioether (sulfide) groups is 1. The number of carbonyl (C=O) groups is 2. The van der Waals surface area contributed by atoms with Gasteiger partial charge in [0.05, 0.1) is 28.8 Å². The number of furan rings is 1. The smallest absolute Gasteiger partial charge is 0.267 e. The lowest BCUT2D eigenvalue weighted by Gasteiger charge is -2.13. The molecule has 4 aromatic rings. The van der Waals surface area contributed by atoms with E-state index in [-0.39, 0.29) is 33.0 Å². The maximum atomic E-state index is 13.6. The summed E-state index contributed by atoms with van der Waals surface area (Å²) in [5, 5.41) is 27.1. The number of hydrogen-bond donors (Lipinski definition) is 3. The summed E-state index contributed by atoms with van der Waals surface area (Å²) in [5.41, 5.74) is 1.09. The van der Waals surface area contributed by atoms with Crippen LogP contribution in [0.15, 0.2) is 103 Å². The van der Waals surface area contributed by atoms with Gasteiger partial charge >= 0.3 is 0 Å². The highest BCUT2D eigenvalue weighted by molar-refractivity contribution is 8.18. The van der Waals surface area contributed by atoms with Gasteiger partial charge in [-0.2, -0.15) is 5.10 Å². The van der Waals surface area contributed by atoms with Crippen LogP contribution in [0, 0.1) is 0 Å². The summed E-state index contributed by atoms with van der Waals surface area (Å²) in [5.74, 6) is -0.184. The first kappa shape index (κ1) is 32.8. The van der Waals surface area contributed by atoms with Gasteiger partial charge in [-0.3, -0.25) is 14.5 Å². The molecule has 46 heavy (non-hydrogen) atoms. The first-order valence-electron chi connectivity index (χ1n) is 13.1. The van der Waals surface area contributed by atoms with E-state index in [0.717, 1.165) is 11.8 Å². The van der Waals surface area contributed by atoms with Crippen molar-refractivity contribution in [2.45, 2.75) is 11.4 Å². The first-order valence-corrected chi connectivity index (χ1v) is 16.3. The fourth-order valence-corrected chi connectivity index (χ4v) is 5.82. The lowest BCUT2D eigenvalue weighted by molar-refractivity contribution is -0.122. The van der Waals surface area contributed by atoms with Crippen molar-refractivity contribution in [3.8, 4) is 11.5 Å². The number of carbonyl (C=O) groups excluding carboxylic acids is 2. The second kappa shape index (κ2) is 14.2. The van der Waals surface area contributed by atoms with Crippen molar-refractivity contribution in [2.75, 3.05) is 11.9 Å². The highest BCUT2D eigenvalue weighted by Crippen LogP contribution is 2.36. The largest absolute Gasteiger partial charge is 0.507 e. The number of rotatable bonds is 10. The Morgan fingerprint density at radius 2 is 1.78 bits per heavy atom. The van der Waals surface area contributed by atoms with Crippen molar-refractivity contribution < 1.29 is 32.3 Å². The summed E-state index contributed by atoms with van der Waals surface area (Å²) in [6, 6.07) is 17.9. The normalized spacial score (nSPS) is 15.3. The molecule has 1 aromatic heterocycles. The second-order valence-corrected chi connectivity index (χ2v) is 12.9. The standard InChI is InChI=1S/C30H23Cl2N5O7S2/c31-20-3-9-25(38)19(13-20)15-34-36-30-37(16-23-2-1-11-43-23)29(40)27(45-30)14-18-12-21(32)4-10-26(18)44-17-28(39)35-22-5-7-24(8-6-22)46(33,41)42/h1-15,38H,16-17H2,(H,35,39)(H2,33,41,42)/b27-14-,34-15-,36-30+. The van der Waals surface area contributed by atoms with Crippen LogP contribution in [-0.4, -0.2) is 48.2 Å². The van der Waals surface area contributed by atoms with Crippen LogP contribution in [0.2, 0.25) is 10.0 Å². The number of primary sulfonamides is 1. The molecule has 0 unspecified atom stereocenters. The lowest BCUT2D eigenvalue weighted by atomic mass is 10.2. The Bertz CT molecular complexity index is 1980. The Balaban J connectivity index is 1.35. The fraction of sp³-hybridized carbons (Fsp3) is 0.0667. The molecule has 0 saturated carbocycles. The van der Waals surface area contributed by atoms with Gasteiger partial charge < -0.3 is 19.6 Å². The van der Waals surface area contributed by atoms with Crippen LogP contribution in [0.5, 0.6) is 11.5 Å². The van der Waals surface area contributed by atoms with Gasteiger partial charge in [0.2, 0.25) is 10.0 Å². The minimum Gasteiger partial charge on any atom is -0.507 e. The van der Waals surface area contributed by atoms with Gasteiger partial charge in [0.25, 0.3) is 11.8 Å². The minimum atomic E-state index is -3.87. The van der Waals surface area contributed by atoms with Crippen molar-refractivity contribution in [1.29, 1.82) is 0 Å². The maximum Gasteiger partial charge on any atom is 0.267 e. The molecular formula is C30H23Cl2N5O7S2. The summed E-state index contributed by atoms with van der Waals surface area (Å²) in [7, 11) is -3.87. The molecule has 16 heteroatoms. The van der Waals surface area contributed by atoms with Crippen LogP contribution in [0.4, 0.5) is 5.69 Å². The maximum absolute atomic E-state index is 13.6. The SMILES string of the molecule is NS(=O)(=O)c1ccc(NC(=O)COc2ccc(Cl)cc2/C=C2\S/C(=N/N=C\c3cc(Cl)ccc3O)N(Cc3ccco3)C2=O)cc1. The fourth-order valence-electron chi connectivity index (χ4n) is 4.02. The number of anilines is 1. The number of nitrogens with two attached hydrogens (primary N) is 1. The molecule has 12 nitrogen and oxygen atoms in total. The Kier molecular flexibility index (Phi) is 10.1. The van der Waals surface area contributed by atoms with E-state index in [0.29, 0.717) is 32.6 Å². The monoisotopic (exact) mass is 699 g/mol. The van der Waals surface area contributed by atoms with Crippen LogP contribution in [0.3, 0.4) is 0 Å². The van der Waals surface area contributed by atoms with E-state index in [4.69, 9.17) is 37.5 Å². The van der Waals surface area contributed by atoms with Gasteiger partial charge in [0, 0.05) is 26.9 Å². The molecule has 1 aliphatic heterocycles. The van der Waals surface area contributed by atoms with Crippen LogP contribution < -0.4 is 15.2 Å². The van der Waals surface area contributed by atoms with Crippen LogP contribution in [0.25, 0.3) is 6.08 Å². The summed E-state index contributed by atoms with van der Waals surface area (Å²) in [4.78, 5) is 27.7. The predicted octanol–water partition coefficient (Wildman–Crippen LogP) is 5.46. The van der Waals surface area contributed by atoms with Crippen molar-refractivity contribution in [3.05, 3.63) is 111 Å². The number of halogens is 2. The molecule has 1 aliphatic rings. The topological polar surface area (TPSA) is 177 Å². The van der Waals surface area contributed by atoms with Gasteiger partial charge in [0.1, 0.15) is 17.3 Å². The first-order chi connectivity index (χ1) is 22.0. The average Bonchev–Trinajstić information content (AvgIpc) is 3.63. The molecule has 0 bridgehead atoms. The second-order valence-electron chi connectivity index (χ2n) is 9.50. The highest BCUT2D eigenvalue weighted by atomic mass is 35.5. The quantitative estimate of drug-likeness (QED) is 0.111. The van der Waals surface area contributed by atoms with Gasteiger partial charge in [-0.15, -0.1) is 5.10 Å². The summed E-state index contributed by atoms with van der Waals surface area (Å²) >= 11 is 13.3. The van der Waals surface area contributed by atoms with Gasteiger partial charge in [-0.05, 0) is 90.6 Å². The lowest BCUT2D eigenvalue weighted by Crippen LogP contribution is -2.28. The van der Waals surface area contributed by atoms with E-state index in [1.54, 1.807) is 36.4 Å². The number of phenolic OH excluding ortho intramolecular Hbond substituents is 1. The van der Waals surface area contributed by atoms with E-state index < -0.39 is 28.4 Å². The van der Waals surface area contributed by atoms with Crippen molar-refractivity contribution in [3.63, 3.8) is 0 Å². The van der Waals surface area contributed by atoms with E-state index >= 15 is 0 Å². The molecule has 2 heterocycles. The number of aromatic hydroxyl groups is 1. The summed E-state index contributed by atoms with van der Waals surface area (Å²) < 4.78 is 34.1. The number of ether oxygens (including phenoxy) is 1. The van der Waals surface area contributed by atoms with Crippen LogP contribution in [0.1, 0.15) is 16.9 Å². The molecule has 0 aliphatic carbocycles. The number of benzene rings is 3. The van der Waals surface area contributed by atoms with Crippen LogP contribution >= 0.6 is 35.0 Å². The zero-order chi connectivity index (χ0) is 32.8. The van der Waals surface area contributed by atoms with Gasteiger partial charge in [-0.1, -0.05) is 23.2 Å². The molecule has 4 N–H and O–H groups in total. The predicted molar refractivity (Wildman–Crippen MR) is 176 cm³/mol. The minimum absolute atomic E-state index is 0.0429. The third-order valence-electron chi connectivity index (χ3n) is 6.20. The zero-order valence-corrected chi connectivity index (χ0v) is 26.6. The van der Waals surface area contributed by atoms with Crippen molar-refractivity contribution >= 4 is 79.9 Å². The molecule has 0 atom stereocenters. The third-order valence-corrected chi connectivity index (χ3v) is 8.59. The van der Waals surface area contributed by atoms with Gasteiger partial charge in [0.15, 0.2) is 11.8 Å². The zero-order valence-electron chi connectivity index (χ0n) is 23.5. The molecule has 1 saturated heterocycles. The number of hydrogen-bond acceptors (Lipinski definition) is 10. The summed E-state index contributed by atoms with van der Waals surface area (Å²) in [6.45, 7) is -0.331. The molecule has 236 valence electrons. The number of amides is 2. The third kappa shape index (κ3) is 8.35. The molecule has 0 spiro atoms. The van der Waals surface area contributed by atoms with E-state index in [9.17, 15) is 23.1 Å². The number of sulfonamides is 1.